The predicted octanol–water partition coefficient (Wildman–Crippen LogP) is 2.71. The van der Waals surface area contributed by atoms with Crippen LogP contribution in [-0.4, -0.2) is 54.5 Å². The van der Waals surface area contributed by atoms with Crippen LogP contribution >= 0.6 is 0 Å². The molecular formula is C21H27N7O3S. The van der Waals surface area contributed by atoms with Crippen LogP contribution in [-0.2, 0) is 21.8 Å². The van der Waals surface area contributed by atoms with Gasteiger partial charge in [-0.1, -0.05) is 13.8 Å². The minimum Gasteiger partial charge on any atom is -0.378 e. The van der Waals surface area contributed by atoms with Crippen LogP contribution in [0.15, 0.2) is 47.8 Å². The van der Waals surface area contributed by atoms with Gasteiger partial charge in [-0.05, 0) is 24.3 Å². The van der Waals surface area contributed by atoms with Crippen molar-refractivity contribution in [1.82, 2.24) is 19.7 Å². The van der Waals surface area contributed by atoms with Gasteiger partial charge in [0.05, 0.1) is 25.1 Å². The van der Waals surface area contributed by atoms with Crippen LogP contribution in [0.25, 0.3) is 0 Å². The van der Waals surface area contributed by atoms with Crippen molar-refractivity contribution >= 4 is 32.9 Å². The maximum atomic E-state index is 12.7. The second-order valence-electron chi connectivity index (χ2n) is 7.91. The number of hydrogen-bond acceptors (Lipinski definition) is 8. The summed E-state index contributed by atoms with van der Waals surface area (Å²) in [6.45, 7) is 6.96. The number of hydrogen-bond donors (Lipinski definition) is 2. The summed E-state index contributed by atoms with van der Waals surface area (Å²) in [5.41, 5.74) is 2.19. The topological polar surface area (TPSA) is 114 Å². The summed E-state index contributed by atoms with van der Waals surface area (Å²) in [5.74, 6) is 1.45. The van der Waals surface area contributed by atoms with E-state index < -0.39 is 10.0 Å². The highest BCUT2D eigenvalue weighted by molar-refractivity contribution is 7.92. The Morgan fingerprint density at radius 3 is 2.44 bits per heavy atom. The van der Waals surface area contributed by atoms with Crippen molar-refractivity contribution in [3.63, 3.8) is 0 Å². The van der Waals surface area contributed by atoms with Crippen LogP contribution in [0, 0.1) is 0 Å². The van der Waals surface area contributed by atoms with Gasteiger partial charge >= 0.3 is 0 Å². The molecule has 10 nitrogen and oxygen atoms in total. The molecule has 11 heteroatoms. The smallest absolute Gasteiger partial charge is 0.280 e. The van der Waals surface area contributed by atoms with Gasteiger partial charge in [0.25, 0.3) is 10.0 Å². The zero-order valence-corrected chi connectivity index (χ0v) is 19.1. The van der Waals surface area contributed by atoms with Crippen molar-refractivity contribution < 1.29 is 13.2 Å². The van der Waals surface area contributed by atoms with Gasteiger partial charge in [0.2, 0.25) is 0 Å². The normalized spacial score (nSPS) is 14.6. The molecule has 3 heterocycles. The minimum absolute atomic E-state index is 0.00102. The van der Waals surface area contributed by atoms with Gasteiger partial charge in [-0.25, -0.2) is 4.98 Å². The average Bonchev–Trinajstić information content (AvgIpc) is 3.19. The van der Waals surface area contributed by atoms with E-state index in [9.17, 15) is 8.42 Å². The fourth-order valence-electron chi connectivity index (χ4n) is 3.51. The molecule has 32 heavy (non-hydrogen) atoms. The summed E-state index contributed by atoms with van der Waals surface area (Å²) in [6, 6.07) is 8.86. The first-order valence-electron chi connectivity index (χ1n) is 10.4. The van der Waals surface area contributed by atoms with E-state index in [2.05, 4.69) is 30.1 Å². The largest absolute Gasteiger partial charge is 0.378 e. The van der Waals surface area contributed by atoms with Gasteiger partial charge in [0.1, 0.15) is 5.82 Å². The third-order valence-electron chi connectivity index (χ3n) is 5.11. The number of imidazole rings is 1. The van der Waals surface area contributed by atoms with Crippen molar-refractivity contribution in [2.75, 3.05) is 41.2 Å². The van der Waals surface area contributed by atoms with E-state index in [1.165, 1.54) is 6.20 Å². The lowest BCUT2D eigenvalue weighted by molar-refractivity contribution is 0.122. The Hall–Kier alpha value is -3.18. The molecule has 170 valence electrons. The molecule has 0 radical (unpaired) electrons. The van der Waals surface area contributed by atoms with Crippen LogP contribution in [0.1, 0.15) is 25.6 Å². The SMILES string of the molecule is CC(C)c1nc(S(=O)(=O)Nc2ccc(Nc3cc(N4CCOCC4)cnn3)cc2)cn1C. The number of benzene rings is 1. The maximum absolute atomic E-state index is 12.7. The first kappa shape index (κ1) is 22.0. The van der Waals surface area contributed by atoms with Gasteiger partial charge in [0, 0.05) is 49.7 Å². The summed E-state index contributed by atoms with van der Waals surface area (Å²) in [6.07, 6.45) is 3.25. The molecule has 0 atom stereocenters. The van der Waals surface area contributed by atoms with Gasteiger partial charge in [0.15, 0.2) is 10.8 Å². The second-order valence-corrected chi connectivity index (χ2v) is 9.54. The van der Waals surface area contributed by atoms with Crippen molar-refractivity contribution in [2.45, 2.75) is 24.8 Å². The number of ether oxygens (including phenoxy) is 1. The third kappa shape index (κ3) is 5.00. The van der Waals surface area contributed by atoms with Crippen molar-refractivity contribution in [2.24, 2.45) is 7.05 Å². The van der Waals surface area contributed by atoms with Crippen LogP contribution in [0.5, 0.6) is 0 Å². The number of sulfonamides is 1. The lowest BCUT2D eigenvalue weighted by Gasteiger charge is -2.28. The van der Waals surface area contributed by atoms with Crippen LogP contribution in [0.4, 0.5) is 22.9 Å². The molecule has 0 unspecified atom stereocenters. The second kappa shape index (κ2) is 9.13. The molecule has 1 aromatic carbocycles. The number of aromatic nitrogens is 4. The Morgan fingerprint density at radius 2 is 1.78 bits per heavy atom. The van der Waals surface area contributed by atoms with E-state index in [4.69, 9.17) is 4.74 Å². The molecule has 3 aromatic rings. The van der Waals surface area contributed by atoms with E-state index in [0.717, 1.165) is 24.5 Å². The van der Waals surface area contributed by atoms with Gasteiger partial charge in [-0.15, -0.1) is 5.10 Å². The zero-order valence-electron chi connectivity index (χ0n) is 18.3. The number of anilines is 4. The summed E-state index contributed by atoms with van der Waals surface area (Å²) in [7, 11) is -1.99. The number of rotatable bonds is 7. The highest BCUT2D eigenvalue weighted by atomic mass is 32.2. The lowest BCUT2D eigenvalue weighted by Crippen LogP contribution is -2.36. The number of nitrogens with zero attached hydrogens (tertiary/aromatic N) is 5. The molecule has 2 N–H and O–H groups in total. The molecule has 0 bridgehead atoms. The number of nitrogens with one attached hydrogen (secondary N) is 2. The summed E-state index contributed by atoms with van der Waals surface area (Å²) in [5, 5.41) is 11.4. The van der Waals surface area contributed by atoms with Gasteiger partial charge in [-0.3, -0.25) is 4.72 Å². The molecule has 1 saturated heterocycles. The zero-order chi connectivity index (χ0) is 22.7. The Kier molecular flexibility index (Phi) is 6.28. The molecule has 1 aliphatic heterocycles. The standard InChI is InChI=1S/C21H27N7O3S/c1-15(2)21-24-20(14-27(21)3)32(29,30)26-17-6-4-16(5-7-17)23-19-12-18(13-22-25-19)28-8-10-31-11-9-28/h4-7,12-15,26H,8-11H2,1-3H3,(H,23,25). The first-order chi connectivity index (χ1) is 15.3. The Bertz CT molecular complexity index is 1170. The molecule has 0 saturated carbocycles. The van der Waals surface area contributed by atoms with Crippen molar-refractivity contribution in [3.8, 4) is 0 Å². The number of morpholine rings is 1. The molecule has 1 fully saturated rings. The van der Waals surface area contributed by atoms with Gasteiger partial charge in [-0.2, -0.15) is 13.5 Å². The number of aryl methyl sites for hydroxylation is 1. The van der Waals surface area contributed by atoms with Crippen molar-refractivity contribution in [3.05, 3.63) is 48.5 Å². The highest BCUT2D eigenvalue weighted by Crippen LogP contribution is 2.23. The van der Waals surface area contributed by atoms with Crippen LogP contribution in [0.3, 0.4) is 0 Å². The van der Waals surface area contributed by atoms with E-state index >= 15 is 0 Å². The Labute approximate surface area is 187 Å². The predicted molar refractivity (Wildman–Crippen MR) is 123 cm³/mol. The molecule has 1 aliphatic rings. The molecule has 2 aromatic heterocycles. The van der Waals surface area contributed by atoms with E-state index in [0.29, 0.717) is 30.5 Å². The molecular weight excluding hydrogens is 430 g/mol. The molecule has 4 rings (SSSR count). The minimum atomic E-state index is -3.78. The summed E-state index contributed by atoms with van der Waals surface area (Å²) < 4.78 is 35.1. The maximum Gasteiger partial charge on any atom is 0.280 e. The average molecular weight is 458 g/mol. The summed E-state index contributed by atoms with van der Waals surface area (Å²) >= 11 is 0. The Balaban J connectivity index is 1.44. The van der Waals surface area contributed by atoms with Crippen LogP contribution in [0.2, 0.25) is 0 Å². The van der Waals surface area contributed by atoms with E-state index in [1.807, 2.05) is 19.9 Å². The highest BCUT2D eigenvalue weighted by Gasteiger charge is 2.21. The fraction of sp³-hybridized carbons (Fsp3) is 0.381. The fourth-order valence-corrected chi connectivity index (χ4v) is 4.57. The summed E-state index contributed by atoms with van der Waals surface area (Å²) in [4.78, 5) is 6.47. The Morgan fingerprint density at radius 1 is 1.09 bits per heavy atom. The van der Waals surface area contributed by atoms with Gasteiger partial charge < -0.3 is 19.5 Å². The lowest BCUT2D eigenvalue weighted by atomic mass is 10.2. The molecule has 0 aliphatic carbocycles. The van der Waals surface area contributed by atoms with Crippen molar-refractivity contribution in [1.29, 1.82) is 0 Å². The molecule has 0 spiro atoms. The quantitative estimate of drug-likeness (QED) is 0.557. The molecule has 0 amide bonds. The monoisotopic (exact) mass is 457 g/mol. The van der Waals surface area contributed by atoms with E-state index in [1.54, 1.807) is 42.1 Å². The van der Waals surface area contributed by atoms with Crippen LogP contribution < -0.4 is 14.9 Å². The first-order valence-corrected chi connectivity index (χ1v) is 11.9. The third-order valence-corrected chi connectivity index (χ3v) is 6.36. The van der Waals surface area contributed by atoms with E-state index in [-0.39, 0.29) is 10.9 Å².